The number of nitriles is 1. The SMILES string of the molecule is CC(=O)NCCCNc1nc2c(C)c(C)ccc2cc1C#N. The Balaban J connectivity index is 2.19. The van der Waals surface area contributed by atoms with Gasteiger partial charge in [-0.05, 0) is 37.5 Å². The summed E-state index contributed by atoms with van der Waals surface area (Å²) < 4.78 is 0. The smallest absolute Gasteiger partial charge is 0.216 e. The molecule has 0 atom stereocenters. The molecule has 0 radical (unpaired) electrons. The summed E-state index contributed by atoms with van der Waals surface area (Å²) in [5.41, 5.74) is 3.77. The van der Waals surface area contributed by atoms with E-state index >= 15 is 0 Å². The maximum absolute atomic E-state index is 10.8. The molecule has 0 saturated carbocycles. The number of amides is 1. The average molecular weight is 296 g/mol. The molecule has 1 aromatic carbocycles. The fourth-order valence-corrected chi connectivity index (χ4v) is 2.26. The zero-order valence-corrected chi connectivity index (χ0v) is 13.2. The highest BCUT2D eigenvalue weighted by Crippen LogP contribution is 2.24. The van der Waals surface area contributed by atoms with E-state index in [1.165, 1.54) is 12.5 Å². The number of carbonyl (C=O) groups excluding carboxylic acids is 1. The first-order valence-corrected chi connectivity index (χ1v) is 7.32. The van der Waals surface area contributed by atoms with Gasteiger partial charge in [0, 0.05) is 25.4 Å². The van der Waals surface area contributed by atoms with Crippen LogP contribution in [-0.2, 0) is 4.79 Å². The van der Waals surface area contributed by atoms with Crippen LogP contribution in [0.25, 0.3) is 10.9 Å². The molecular weight excluding hydrogens is 276 g/mol. The highest BCUT2D eigenvalue weighted by Gasteiger charge is 2.09. The number of rotatable bonds is 5. The van der Waals surface area contributed by atoms with E-state index in [0.29, 0.717) is 24.5 Å². The van der Waals surface area contributed by atoms with Crippen molar-refractivity contribution in [1.82, 2.24) is 10.3 Å². The molecule has 2 aromatic rings. The predicted octanol–water partition coefficient (Wildman–Crippen LogP) is 2.66. The van der Waals surface area contributed by atoms with E-state index in [9.17, 15) is 10.1 Å². The molecule has 1 aromatic heterocycles. The Kier molecular flexibility index (Phi) is 4.95. The predicted molar refractivity (Wildman–Crippen MR) is 87.7 cm³/mol. The van der Waals surface area contributed by atoms with Crippen LogP contribution in [0.2, 0.25) is 0 Å². The van der Waals surface area contributed by atoms with Crippen molar-refractivity contribution >= 4 is 22.6 Å². The van der Waals surface area contributed by atoms with Crippen molar-refractivity contribution in [3.8, 4) is 6.07 Å². The van der Waals surface area contributed by atoms with E-state index in [1.54, 1.807) is 0 Å². The fraction of sp³-hybridized carbons (Fsp3) is 0.353. The Morgan fingerprint density at radius 1 is 1.32 bits per heavy atom. The second-order valence-corrected chi connectivity index (χ2v) is 5.34. The van der Waals surface area contributed by atoms with Gasteiger partial charge in [-0.1, -0.05) is 12.1 Å². The van der Waals surface area contributed by atoms with Gasteiger partial charge in [0.1, 0.15) is 11.9 Å². The molecule has 0 fully saturated rings. The van der Waals surface area contributed by atoms with Gasteiger partial charge in [0.05, 0.1) is 11.1 Å². The van der Waals surface area contributed by atoms with Crippen molar-refractivity contribution in [3.63, 3.8) is 0 Å². The van der Waals surface area contributed by atoms with Crippen LogP contribution in [0.4, 0.5) is 5.82 Å². The number of hydrogen-bond acceptors (Lipinski definition) is 4. The molecule has 0 aliphatic heterocycles. The second kappa shape index (κ2) is 6.90. The molecule has 0 saturated heterocycles. The Bertz CT molecular complexity index is 746. The maximum Gasteiger partial charge on any atom is 0.216 e. The van der Waals surface area contributed by atoms with Gasteiger partial charge >= 0.3 is 0 Å². The largest absolute Gasteiger partial charge is 0.369 e. The minimum atomic E-state index is -0.0346. The molecule has 0 unspecified atom stereocenters. The van der Waals surface area contributed by atoms with Crippen LogP contribution < -0.4 is 10.6 Å². The summed E-state index contributed by atoms with van der Waals surface area (Å²) in [5, 5.41) is 16.2. The summed E-state index contributed by atoms with van der Waals surface area (Å²) in [7, 11) is 0. The van der Waals surface area contributed by atoms with Gasteiger partial charge in [-0.2, -0.15) is 5.26 Å². The van der Waals surface area contributed by atoms with Crippen LogP contribution in [0, 0.1) is 25.2 Å². The molecule has 1 amide bonds. The molecule has 0 spiro atoms. The quantitative estimate of drug-likeness (QED) is 0.832. The third-order valence-corrected chi connectivity index (χ3v) is 3.65. The number of anilines is 1. The number of aryl methyl sites for hydroxylation is 2. The highest BCUT2D eigenvalue weighted by atomic mass is 16.1. The fourth-order valence-electron chi connectivity index (χ4n) is 2.26. The zero-order chi connectivity index (χ0) is 16.1. The number of pyridine rings is 1. The van der Waals surface area contributed by atoms with Gasteiger partial charge in [-0.3, -0.25) is 4.79 Å². The zero-order valence-electron chi connectivity index (χ0n) is 13.2. The van der Waals surface area contributed by atoms with E-state index in [1.807, 2.05) is 25.1 Å². The van der Waals surface area contributed by atoms with E-state index < -0.39 is 0 Å². The summed E-state index contributed by atoms with van der Waals surface area (Å²) >= 11 is 0. The summed E-state index contributed by atoms with van der Waals surface area (Å²) in [5.74, 6) is 0.569. The number of carbonyl (C=O) groups is 1. The third kappa shape index (κ3) is 3.53. The average Bonchev–Trinajstić information content (AvgIpc) is 2.50. The van der Waals surface area contributed by atoms with Crippen molar-refractivity contribution in [2.75, 3.05) is 18.4 Å². The van der Waals surface area contributed by atoms with Gasteiger partial charge in [0.2, 0.25) is 5.91 Å². The first kappa shape index (κ1) is 15.8. The number of hydrogen-bond donors (Lipinski definition) is 2. The van der Waals surface area contributed by atoms with E-state index in [2.05, 4.69) is 28.6 Å². The summed E-state index contributed by atoms with van der Waals surface area (Å²) in [6.45, 7) is 6.85. The molecule has 5 nitrogen and oxygen atoms in total. The van der Waals surface area contributed by atoms with Crippen molar-refractivity contribution in [1.29, 1.82) is 5.26 Å². The van der Waals surface area contributed by atoms with Crippen molar-refractivity contribution in [2.45, 2.75) is 27.2 Å². The Morgan fingerprint density at radius 2 is 2.09 bits per heavy atom. The minimum absolute atomic E-state index is 0.0346. The molecular formula is C17H20N4O. The van der Waals surface area contributed by atoms with Gasteiger partial charge in [0.15, 0.2) is 0 Å². The number of fused-ring (bicyclic) bond motifs is 1. The maximum atomic E-state index is 10.8. The Labute approximate surface area is 130 Å². The third-order valence-electron chi connectivity index (χ3n) is 3.65. The topological polar surface area (TPSA) is 77.8 Å². The number of nitrogens with zero attached hydrogens (tertiary/aromatic N) is 2. The lowest BCUT2D eigenvalue weighted by Gasteiger charge is -2.11. The van der Waals surface area contributed by atoms with Crippen molar-refractivity contribution < 1.29 is 4.79 Å². The number of nitrogens with one attached hydrogen (secondary N) is 2. The molecule has 2 N–H and O–H groups in total. The molecule has 0 bridgehead atoms. The molecule has 2 rings (SSSR count). The van der Waals surface area contributed by atoms with Gasteiger partial charge < -0.3 is 10.6 Å². The Hall–Kier alpha value is -2.61. The standard InChI is InChI=1S/C17H20N4O/c1-11-5-6-14-9-15(10-18)17(21-16(14)12(11)2)20-8-4-7-19-13(3)22/h5-6,9H,4,7-8H2,1-3H3,(H,19,22)(H,20,21). The molecule has 114 valence electrons. The van der Waals surface area contributed by atoms with Crippen LogP contribution in [0.3, 0.4) is 0 Å². The van der Waals surface area contributed by atoms with Gasteiger partial charge in [0.25, 0.3) is 0 Å². The second-order valence-electron chi connectivity index (χ2n) is 5.34. The van der Waals surface area contributed by atoms with Crippen LogP contribution >= 0.6 is 0 Å². The number of benzene rings is 1. The molecule has 1 heterocycles. The van der Waals surface area contributed by atoms with Crippen molar-refractivity contribution in [2.24, 2.45) is 0 Å². The molecule has 0 aliphatic rings. The Morgan fingerprint density at radius 3 is 2.77 bits per heavy atom. The summed E-state index contributed by atoms with van der Waals surface area (Å²) in [6, 6.07) is 8.09. The van der Waals surface area contributed by atoms with Crippen LogP contribution in [0.15, 0.2) is 18.2 Å². The molecule has 5 heteroatoms. The van der Waals surface area contributed by atoms with Crippen LogP contribution in [0.5, 0.6) is 0 Å². The normalized spacial score (nSPS) is 10.3. The highest BCUT2D eigenvalue weighted by molar-refractivity contribution is 5.86. The monoisotopic (exact) mass is 296 g/mol. The minimum Gasteiger partial charge on any atom is -0.369 e. The van der Waals surface area contributed by atoms with E-state index in [0.717, 1.165) is 22.9 Å². The van der Waals surface area contributed by atoms with Crippen LogP contribution in [0.1, 0.15) is 30.0 Å². The van der Waals surface area contributed by atoms with Crippen LogP contribution in [-0.4, -0.2) is 24.0 Å². The first-order chi connectivity index (χ1) is 10.5. The lowest BCUT2D eigenvalue weighted by Crippen LogP contribution is -2.22. The molecule has 22 heavy (non-hydrogen) atoms. The van der Waals surface area contributed by atoms with E-state index in [4.69, 9.17) is 0 Å². The summed E-state index contributed by atoms with van der Waals surface area (Å²) in [4.78, 5) is 15.4. The van der Waals surface area contributed by atoms with Gasteiger partial charge in [-0.25, -0.2) is 4.98 Å². The number of aromatic nitrogens is 1. The van der Waals surface area contributed by atoms with Gasteiger partial charge in [-0.15, -0.1) is 0 Å². The molecule has 0 aliphatic carbocycles. The van der Waals surface area contributed by atoms with Crippen molar-refractivity contribution in [3.05, 3.63) is 34.9 Å². The summed E-state index contributed by atoms with van der Waals surface area (Å²) in [6.07, 6.45) is 0.775. The lowest BCUT2D eigenvalue weighted by atomic mass is 10.0. The lowest BCUT2D eigenvalue weighted by molar-refractivity contribution is -0.118. The van der Waals surface area contributed by atoms with E-state index in [-0.39, 0.29) is 5.91 Å². The first-order valence-electron chi connectivity index (χ1n) is 7.32.